The second-order valence-corrected chi connectivity index (χ2v) is 5.89. The van der Waals surface area contributed by atoms with Gasteiger partial charge < -0.3 is 4.90 Å². The standard InChI is InChI=1S/C13H22BrNO/c14-10-12-7-4-8-15(12)13(16)9-11-5-2-1-3-6-11/h11-12H,1-10H2. The topological polar surface area (TPSA) is 20.3 Å². The number of carbonyl (C=O) groups excluding carboxylic acids is 1. The molecule has 2 nitrogen and oxygen atoms in total. The van der Waals surface area contributed by atoms with Crippen molar-refractivity contribution >= 4 is 21.8 Å². The Bertz CT molecular complexity index is 238. The number of likely N-dealkylation sites (tertiary alicyclic amines) is 1. The molecule has 1 saturated carbocycles. The summed E-state index contributed by atoms with van der Waals surface area (Å²) in [7, 11) is 0. The molecule has 1 saturated heterocycles. The third kappa shape index (κ3) is 2.99. The number of nitrogens with zero attached hydrogens (tertiary/aromatic N) is 1. The summed E-state index contributed by atoms with van der Waals surface area (Å²) in [5.74, 6) is 1.09. The Morgan fingerprint density at radius 3 is 2.56 bits per heavy atom. The number of hydrogen-bond acceptors (Lipinski definition) is 1. The monoisotopic (exact) mass is 287 g/mol. The van der Waals surface area contributed by atoms with Crippen molar-refractivity contribution in [3.05, 3.63) is 0 Å². The van der Waals surface area contributed by atoms with Crippen LogP contribution in [0.2, 0.25) is 0 Å². The second-order valence-electron chi connectivity index (χ2n) is 5.25. The first kappa shape index (κ1) is 12.4. The van der Waals surface area contributed by atoms with Crippen LogP contribution >= 0.6 is 15.9 Å². The third-order valence-electron chi connectivity index (χ3n) is 4.06. The number of carbonyl (C=O) groups is 1. The third-order valence-corrected chi connectivity index (χ3v) is 4.81. The summed E-state index contributed by atoms with van der Waals surface area (Å²) >= 11 is 3.52. The SMILES string of the molecule is O=C(CC1CCCCC1)N1CCCC1CBr. The second kappa shape index (κ2) is 6.04. The van der Waals surface area contributed by atoms with E-state index in [-0.39, 0.29) is 0 Å². The average molecular weight is 288 g/mol. The van der Waals surface area contributed by atoms with Crippen LogP contribution in [0, 0.1) is 5.92 Å². The van der Waals surface area contributed by atoms with Crippen LogP contribution in [0.4, 0.5) is 0 Å². The predicted molar refractivity (Wildman–Crippen MR) is 69.7 cm³/mol. The zero-order valence-corrected chi connectivity index (χ0v) is 11.5. The molecule has 0 spiro atoms. The molecular formula is C13H22BrNO. The molecule has 16 heavy (non-hydrogen) atoms. The highest BCUT2D eigenvalue weighted by atomic mass is 79.9. The maximum Gasteiger partial charge on any atom is 0.223 e. The molecule has 1 heterocycles. The lowest BCUT2D eigenvalue weighted by molar-refractivity contribution is -0.132. The molecule has 0 aromatic rings. The lowest BCUT2D eigenvalue weighted by Gasteiger charge is -2.27. The molecule has 1 atom stereocenters. The fourth-order valence-corrected chi connectivity index (χ4v) is 3.75. The molecule has 3 heteroatoms. The molecule has 1 unspecified atom stereocenters. The van der Waals surface area contributed by atoms with Gasteiger partial charge in [0.15, 0.2) is 0 Å². The van der Waals surface area contributed by atoms with Crippen molar-refractivity contribution in [1.82, 2.24) is 4.90 Å². The van der Waals surface area contributed by atoms with E-state index in [0.29, 0.717) is 17.9 Å². The fourth-order valence-electron chi connectivity index (χ4n) is 3.08. The van der Waals surface area contributed by atoms with Gasteiger partial charge in [-0.1, -0.05) is 35.2 Å². The van der Waals surface area contributed by atoms with Gasteiger partial charge in [0.2, 0.25) is 5.91 Å². The van der Waals surface area contributed by atoms with Crippen molar-refractivity contribution < 1.29 is 4.79 Å². The number of rotatable bonds is 3. The molecule has 0 N–H and O–H groups in total. The van der Waals surface area contributed by atoms with Crippen LogP contribution in [0.5, 0.6) is 0 Å². The molecule has 1 aliphatic carbocycles. The minimum atomic E-state index is 0.411. The molecule has 2 fully saturated rings. The summed E-state index contributed by atoms with van der Waals surface area (Å²) in [5, 5.41) is 0.948. The van der Waals surface area contributed by atoms with E-state index in [1.54, 1.807) is 0 Å². The minimum absolute atomic E-state index is 0.411. The van der Waals surface area contributed by atoms with Gasteiger partial charge >= 0.3 is 0 Å². The summed E-state index contributed by atoms with van der Waals surface area (Å²) in [6.45, 7) is 0.988. The van der Waals surface area contributed by atoms with E-state index < -0.39 is 0 Å². The largest absolute Gasteiger partial charge is 0.339 e. The van der Waals surface area contributed by atoms with Gasteiger partial charge in [-0.3, -0.25) is 4.79 Å². The van der Waals surface area contributed by atoms with E-state index in [4.69, 9.17) is 0 Å². The van der Waals surface area contributed by atoms with Gasteiger partial charge in [-0.25, -0.2) is 0 Å². The molecule has 0 bridgehead atoms. The van der Waals surface area contributed by atoms with Crippen LogP contribution in [-0.2, 0) is 4.79 Å². The molecule has 0 radical (unpaired) electrons. The van der Waals surface area contributed by atoms with Crippen molar-refractivity contribution in [2.45, 2.75) is 57.4 Å². The van der Waals surface area contributed by atoms with Crippen LogP contribution in [0.25, 0.3) is 0 Å². The van der Waals surface area contributed by atoms with Crippen LogP contribution < -0.4 is 0 Å². The highest BCUT2D eigenvalue weighted by molar-refractivity contribution is 9.09. The fraction of sp³-hybridized carbons (Fsp3) is 0.923. The van der Waals surface area contributed by atoms with Crippen molar-refractivity contribution in [2.24, 2.45) is 5.92 Å². The molecule has 1 aliphatic heterocycles. The Kier molecular flexibility index (Phi) is 4.68. The van der Waals surface area contributed by atoms with Crippen LogP contribution in [0.15, 0.2) is 0 Å². The van der Waals surface area contributed by atoms with Gasteiger partial charge in [0.1, 0.15) is 0 Å². The maximum absolute atomic E-state index is 12.2. The quantitative estimate of drug-likeness (QED) is 0.729. The molecule has 0 aromatic carbocycles. The predicted octanol–water partition coefficient (Wildman–Crippen LogP) is 3.34. The minimum Gasteiger partial charge on any atom is -0.339 e. The normalized spacial score (nSPS) is 27.3. The van der Waals surface area contributed by atoms with Gasteiger partial charge in [-0.15, -0.1) is 0 Å². The Morgan fingerprint density at radius 2 is 1.88 bits per heavy atom. The summed E-state index contributed by atoms with van der Waals surface area (Å²) in [5.41, 5.74) is 0. The van der Waals surface area contributed by atoms with Crippen molar-refractivity contribution in [3.63, 3.8) is 0 Å². The average Bonchev–Trinajstić information content (AvgIpc) is 2.78. The molecule has 92 valence electrons. The van der Waals surface area contributed by atoms with E-state index in [2.05, 4.69) is 20.8 Å². The Balaban J connectivity index is 1.82. The zero-order valence-electron chi connectivity index (χ0n) is 9.96. The Hall–Kier alpha value is -0.0500. The summed E-state index contributed by atoms with van der Waals surface area (Å²) in [4.78, 5) is 14.3. The highest BCUT2D eigenvalue weighted by Gasteiger charge is 2.29. The summed E-state index contributed by atoms with van der Waals surface area (Å²) in [6, 6.07) is 0.469. The van der Waals surface area contributed by atoms with Crippen LogP contribution in [-0.4, -0.2) is 28.7 Å². The zero-order chi connectivity index (χ0) is 11.4. The molecule has 0 aromatic heterocycles. The van der Waals surface area contributed by atoms with Gasteiger partial charge in [0.25, 0.3) is 0 Å². The van der Waals surface area contributed by atoms with Crippen LogP contribution in [0.3, 0.4) is 0 Å². The van der Waals surface area contributed by atoms with E-state index >= 15 is 0 Å². The Labute approximate surface area is 107 Å². The van der Waals surface area contributed by atoms with E-state index in [9.17, 15) is 4.79 Å². The van der Waals surface area contributed by atoms with Crippen molar-refractivity contribution in [1.29, 1.82) is 0 Å². The van der Waals surface area contributed by atoms with Crippen molar-refractivity contribution in [2.75, 3.05) is 11.9 Å². The lowest BCUT2D eigenvalue weighted by Crippen LogP contribution is -2.37. The van der Waals surface area contributed by atoms with Gasteiger partial charge in [-0.2, -0.15) is 0 Å². The number of alkyl halides is 1. The first-order valence-corrected chi connectivity index (χ1v) is 7.79. The van der Waals surface area contributed by atoms with Crippen LogP contribution in [0.1, 0.15) is 51.4 Å². The first-order valence-electron chi connectivity index (χ1n) is 6.66. The number of amides is 1. The first-order chi connectivity index (χ1) is 7.81. The summed E-state index contributed by atoms with van der Waals surface area (Å²) < 4.78 is 0. The number of hydrogen-bond donors (Lipinski definition) is 0. The molecule has 2 rings (SSSR count). The van der Waals surface area contributed by atoms with E-state index in [1.807, 2.05) is 0 Å². The smallest absolute Gasteiger partial charge is 0.223 e. The van der Waals surface area contributed by atoms with Crippen molar-refractivity contribution in [3.8, 4) is 0 Å². The lowest BCUT2D eigenvalue weighted by atomic mass is 9.86. The highest BCUT2D eigenvalue weighted by Crippen LogP contribution is 2.28. The maximum atomic E-state index is 12.2. The van der Waals surface area contributed by atoms with E-state index in [1.165, 1.54) is 44.9 Å². The molecular weight excluding hydrogens is 266 g/mol. The molecule has 1 amide bonds. The van der Waals surface area contributed by atoms with Gasteiger partial charge in [-0.05, 0) is 31.6 Å². The summed E-state index contributed by atoms with van der Waals surface area (Å²) in [6.07, 6.45) is 9.77. The van der Waals surface area contributed by atoms with Gasteiger partial charge in [0.05, 0.1) is 0 Å². The van der Waals surface area contributed by atoms with Gasteiger partial charge in [0, 0.05) is 24.3 Å². The Morgan fingerprint density at radius 1 is 1.12 bits per heavy atom. The molecule has 2 aliphatic rings. The number of halogens is 1. The van der Waals surface area contributed by atoms with E-state index in [0.717, 1.165) is 18.3 Å².